The van der Waals surface area contributed by atoms with Crippen LogP contribution in [0.25, 0.3) is 10.9 Å². The van der Waals surface area contributed by atoms with Crippen molar-refractivity contribution < 1.29 is 9.59 Å². The molecule has 0 aliphatic heterocycles. The summed E-state index contributed by atoms with van der Waals surface area (Å²) in [6, 6.07) is 5.19. The Morgan fingerprint density at radius 1 is 1.29 bits per heavy atom. The number of rotatable bonds is 2. The van der Waals surface area contributed by atoms with Gasteiger partial charge in [-0.15, -0.1) is 0 Å². The van der Waals surface area contributed by atoms with Crippen LogP contribution in [0.3, 0.4) is 0 Å². The summed E-state index contributed by atoms with van der Waals surface area (Å²) in [6.45, 7) is 0. The van der Waals surface area contributed by atoms with Crippen LogP contribution in [-0.2, 0) is 7.05 Å². The van der Waals surface area contributed by atoms with Gasteiger partial charge in [-0.1, -0.05) is 12.1 Å². The molecule has 4 nitrogen and oxygen atoms in total. The second kappa shape index (κ2) is 3.06. The molecule has 70 valence electrons. The van der Waals surface area contributed by atoms with Crippen molar-refractivity contribution in [2.24, 2.45) is 7.05 Å². The first-order chi connectivity index (χ1) is 6.77. The minimum Gasteiger partial charge on any atom is -0.298 e. The summed E-state index contributed by atoms with van der Waals surface area (Å²) in [5.74, 6) is 0. The molecule has 0 unspecified atom stereocenters. The first-order valence-electron chi connectivity index (χ1n) is 4.14. The largest absolute Gasteiger partial charge is 0.298 e. The number of benzene rings is 1. The molecule has 1 aromatic heterocycles. The molecule has 14 heavy (non-hydrogen) atoms. The summed E-state index contributed by atoms with van der Waals surface area (Å²) in [7, 11) is 1.68. The van der Waals surface area contributed by atoms with Crippen LogP contribution >= 0.6 is 0 Å². The second-order valence-corrected chi connectivity index (χ2v) is 2.99. The van der Waals surface area contributed by atoms with Crippen molar-refractivity contribution in [1.82, 2.24) is 9.78 Å². The van der Waals surface area contributed by atoms with Gasteiger partial charge in [0.05, 0.1) is 0 Å². The Hall–Kier alpha value is -1.97. The molecule has 0 radical (unpaired) electrons. The smallest absolute Gasteiger partial charge is 0.168 e. The van der Waals surface area contributed by atoms with E-state index in [1.54, 1.807) is 25.2 Å². The summed E-state index contributed by atoms with van der Waals surface area (Å²) in [6.07, 6.45) is 1.48. The topological polar surface area (TPSA) is 52.0 Å². The van der Waals surface area contributed by atoms with E-state index in [0.29, 0.717) is 22.2 Å². The lowest BCUT2D eigenvalue weighted by Crippen LogP contribution is -1.95. The van der Waals surface area contributed by atoms with Gasteiger partial charge in [0.1, 0.15) is 11.2 Å². The van der Waals surface area contributed by atoms with E-state index in [-0.39, 0.29) is 0 Å². The number of hydrogen-bond acceptors (Lipinski definition) is 3. The number of hydrogen-bond donors (Lipinski definition) is 0. The van der Waals surface area contributed by atoms with Gasteiger partial charge >= 0.3 is 0 Å². The lowest BCUT2D eigenvalue weighted by atomic mass is 10.1. The third-order valence-electron chi connectivity index (χ3n) is 2.18. The maximum atomic E-state index is 10.8. The molecule has 0 atom stereocenters. The lowest BCUT2D eigenvalue weighted by molar-refractivity contribution is 0.111. The molecule has 1 aromatic carbocycles. The van der Waals surface area contributed by atoms with Crippen molar-refractivity contribution in [3.63, 3.8) is 0 Å². The standard InChI is InChI=1S/C10H8N2O2/c1-12-9(6-14)8-4-2-3-7(5-13)10(8)11-12/h2-6H,1H3. The Morgan fingerprint density at radius 2 is 2.07 bits per heavy atom. The van der Waals surface area contributed by atoms with Crippen molar-refractivity contribution in [2.75, 3.05) is 0 Å². The number of aryl methyl sites for hydroxylation is 1. The van der Waals surface area contributed by atoms with Gasteiger partial charge in [-0.2, -0.15) is 5.10 Å². The van der Waals surface area contributed by atoms with Gasteiger partial charge in [-0.25, -0.2) is 0 Å². The fourth-order valence-corrected chi connectivity index (χ4v) is 1.49. The highest BCUT2D eigenvalue weighted by molar-refractivity contribution is 6.02. The van der Waals surface area contributed by atoms with Gasteiger partial charge in [0.15, 0.2) is 12.6 Å². The molecule has 2 rings (SSSR count). The summed E-state index contributed by atoms with van der Waals surface area (Å²) in [5.41, 5.74) is 1.57. The van der Waals surface area contributed by atoms with E-state index in [0.717, 1.165) is 12.6 Å². The van der Waals surface area contributed by atoms with Crippen LogP contribution in [0.4, 0.5) is 0 Å². The predicted molar refractivity (Wildman–Crippen MR) is 51.5 cm³/mol. The Balaban J connectivity index is 2.92. The number of fused-ring (bicyclic) bond motifs is 1. The fraction of sp³-hybridized carbons (Fsp3) is 0.100. The van der Waals surface area contributed by atoms with E-state index in [4.69, 9.17) is 0 Å². The average molecular weight is 188 g/mol. The molecular formula is C10H8N2O2. The van der Waals surface area contributed by atoms with Gasteiger partial charge in [-0.05, 0) is 6.07 Å². The molecule has 0 bridgehead atoms. The van der Waals surface area contributed by atoms with Crippen LogP contribution in [0.1, 0.15) is 20.8 Å². The summed E-state index contributed by atoms with van der Waals surface area (Å²) in [5, 5.41) is 4.82. The molecule has 0 N–H and O–H groups in total. The van der Waals surface area contributed by atoms with E-state index >= 15 is 0 Å². The van der Waals surface area contributed by atoms with Crippen molar-refractivity contribution in [3.8, 4) is 0 Å². The highest BCUT2D eigenvalue weighted by Crippen LogP contribution is 2.18. The molecule has 0 aliphatic carbocycles. The van der Waals surface area contributed by atoms with Gasteiger partial charge in [0.25, 0.3) is 0 Å². The van der Waals surface area contributed by atoms with Crippen LogP contribution in [0.15, 0.2) is 18.2 Å². The molecule has 1 heterocycles. The number of aldehydes is 2. The maximum absolute atomic E-state index is 10.8. The maximum Gasteiger partial charge on any atom is 0.168 e. The van der Waals surface area contributed by atoms with Crippen LogP contribution in [-0.4, -0.2) is 22.4 Å². The highest BCUT2D eigenvalue weighted by Gasteiger charge is 2.10. The number of nitrogens with zero attached hydrogens (tertiary/aromatic N) is 2. The molecule has 0 fully saturated rings. The van der Waals surface area contributed by atoms with E-state index in [1.807, 2.05) is 0 Å². The minimum atomic E-state index is 0.490. The fourth-order valence-electron chi connectivity index (χ4n) is 1.49. The molecule has 0 spiro atoms. The van der Waals surface area contributed by atoms with Crippen molar-refractivity contribution >= 4 is 23.5 Å². The number of carbonyl (C=O) groups excluding carboxylic acids is 2. The minimum absolute atomic E-state index is 0.490. The molecular weight excluding hydrogens is 180 g/mol. The monoisotopic (exact) mass is 188 g/mol. The molecule has 0 saturated heterocycles. The third kappa shape index (κ3) is 1.04. The van der Waals surface area contributed by atoms with Gasteiger partial charge in [0, 0.05) is 18.0 Å². The quantitative estimate of drug-likeness (QED) is 0.665. The predicted octanol–water partition coefficient (Wildman–Crippen LogP) is 1.20. The summed E-state index contributed by atoms with van der Waals surface area (Å²) >= 11 is 0. The molecule has 4 heteroatoms. The number of aromatic nitrogens is 2. The molecule has 0 amide bonds. The van der Waals surface area contributed by atoms with E-state index in [9.17, 15) is 9.59 Å². The van der Waals surface area contributed by atoms with Crippen molar-refractivity contribution in [2.45, 2.75) is 0 Å². The Labute approximate surface area is 80.1 Å². The second-order valence-electron chi connectivity index (χ2n) is 2.99. The van der Waals surface area contributed by atoms with Crippen molar-refractivity contribution in [3.05, 3.63) is 29.5 Å². The third-order valence-corrected chi connectivity index (χ3v) is 2.18. The molecule has 0 aliphatic rings. The van der Waals surface area contributed by atoms with E-state index in [1.165, 1.54) is 4.68 Å². The summed E-state index contributed by atoms with van der Waals surface area (Å²) < 4.78 is 1.48. The zero-order valence-corrected chi connectivity index (χ0v) is 7.60. The van der Waals surface area contributed by atoms with Gasteiger partial charge < -0.3 is 0 Å². The van der Waals surface area contributed by atoms with Crippen LogP contribution < -0.4 is 0 Å². The molecule has 2 aromatic rings. The normalized spacial score (nSPS) is 10.4. The first kappa shape index (κ1) is 8.62. The molecule has 0 saturated carbocycles. The Bertz CT molecular complexity index is 514. The van der Waals surface area contributed by atoms with Crippen LogP contribution in [0.2, 0.25) is 0 Å². The highest BCUT2D eigenvalue weighted by atomic mass is 16.1. The first-order valence-corrected chi connectivity index (χ1v) is 4.14. The van der Waals surface area contributed by atoms with Crippen molar-refractivity contribution in [1.29, 1.82) is 0 Å². The van der Waals surface area contributed by atoms with E-state index < -0.39 is 0 Å². The van der Waals surface area contributed by atoms with Crippen LogP contribution in [0, 0.1) is 0 Å². The van der Waals surface area contributed by atoms with E-state index in [2.05, 4.69) is 5.10 Å². The summed E-state index contributed by atoms with van der Waals surface area (Å²) in [4.78, 5) is 21.4. The zero-order valence-electron chi connectivity index (χ0n) is 7.60. The lowest BCUT2D eigenvalue weighted by Gasteiger charge is -1.90. The van der Waals surface area contributed by atoms with Gasteiger partial charge in [0.2, 0.25) is 0 Å². The average Bonchev–Trinajstić information content (AvgIpc) is 2.52. The van der Waals surface area contributed by atoms with Crippen LogP contribution in [0.5, 0.6) is 0 Å². The Morgan fingerprint density at radius 3 is 2.71 bits per heavy atom. The number of carbonyl (C=O) groups is 2. The van der Waals surface area contributed by atoms with Gasteiger partial charge in [-0.3, -0.25) is 14.3 Å². The zero-order chi connectivity index (χ0) is 10.1. The Kier molecular flexibility index (Phi) is 1.89. The SMILES string of the molecule is Cn1nc2c(C=O)cccc2c1C=O.